The first-order valence-corrected chi connectivity index (χ1v) is 8.71. The molecule has 0 saturated carbocycles. The number of carboxylic acid groups (broad SMARTS) is 1. The number of rotatable bonds is 7. The molecular formula is C14H15ClN2O3S2. The number of thiazole rings is 1. The first kappa shape index (κ1) is 16.9. The summed E-state index contributed by atoms with van der Waals surface area (Å²) in [7, 11) is 0. The fourth-order valence-corrected chi connectivity index (χ4v) is 3.91. The van der Waals surface area contributed by atoms with Crippen molar-refractivity contribution >= 4 is 46.2 Å². The van der Waals surface area contributed by atoms with Gasteiger partial charge in [0.15, 0.2) is 0 Å². The Labute approximate surface area is 141 Å². The van der Waals surface area contributed by atoms with Crippen LogP contribution in [0.2, 0.25) is 4.34 Å². The number of aryl methyl sites for hydroxylation is 1. The zero-order valence-electron chi connectivity index (χ0n) is 11.9. The van der Waals surface area contributed by atoms with Crippen LogP contribution in [0.25, 0.3) is 9.88 Å². The molecule has 2 N–H and O–H groups in total. The molecule has 0 spiro atoms. The Morgan fingerprint density at radius 2 is 2.09 bits per heavy atom. The summed E-state index contributed by atoms with van der Waals surface area (Å²) in [4.78, 5) is 28.5. The largest absolute Gasteiger partial charge is 0.481 e. The van der Waals surface area contributed by atoms with Crippen LogP contribution in [0.15, 0.2) is 12.1 Å². The van der Waals surface area contributed by atoms with Crippen LogP contribution < -0.4 is 5.32 Å². The maximum atomic E-state index is 12.1. The minimum absolute atomic E-state index is 0.124. The minimum atomic E-state index is -0.816. The van der Waals surface area contributed by atoms with Gasteiger partial charge in [0.2, 0.25) is 0 Å². The van der Waals surface area contributed by atoms with E-state index in [1.54, 1.807) is 13.0 Å². The van der Waals surface area contributed by atoms with Crippen LogP contribution in [0.1, 0.15) is 34.6 Å². The molecule has 2 aromatic heterocycles. The van der Waals surface area contributed by atoms with Gasteiger partial charge in [0.1, 0.15) is 9.88 Å². The van der Waals surface area contributed by atoms with Gasteiger partial charge in [0.25, 0.3) is 5.91 Å². The number of carbonyl (C=O) groups is 2. The number of unbranched alkanes of at least 4 members (excludes halogenated alkanes) is 1. The molecule has 0 aliphatic rings. The molecule has 0 bridgehead atoms. The molecule has 0 unspecified atom stereocenters. The number of nitrogens with one attached hydrogen (secondary N) is 1. The fraction of sp³-hybridized carbons (Fsp3) is 0.357. The topological polar surface area (TPSA) is 79.3 Å². The lowest BCUT2D eigenvalue weighted by Crippen LogP contribution is -2.24. The highest BCUT2D eigenvalue weighted by atomic mass is 35.5. The molecule has 0 radical (unpaired) electrons. The van der Waals surface area contributed by atoms with Crippen molar-refractivity contribution in [2.24, 2.45) is 0 Å². The second-order valence-corrected chi connectivity index (χ2v) is 7.36. The first-order chi connectivity index (χ1) is 10.5. The Bertz CT molecular complexity index is 681. The number of carboxylic acids is 1. The lowest BCUT2D eigenvalue weighted by Gasteiger charge is -2.02. The Morgan fingerprint density at radius 1 is 1.32 bits per heavy atom. The van der Waals surface area contributed by atoms with Crippen LogP contribution in [0.3, 0.4) is 0 Å². The van der Waals surface area contributed by atoms with Gasteiger partial charge in [-0.1, -0.05) is 11.6 Å². The third-order valence-corrected chi connectivity index (χ3v) is 5.45. The number of amides is 1. The van der Waals surface area contributed by atoms with E-state index in [0.717, 1.165) is 9.88 Å². The number of aromatic nitrogens is 1. The Morgan fingerprint density at radius 3 is 2.73 bits per heavy atom. The van der Waals surface area contributed by atoms with Crippen molar-refractivity contribution in [3.8, 4) is 9.88 Å². The average molecular weight is 359 g/mol. The average Bonchev–Trinajstić information content (AvgIpc) is 3.04. The van der Waals surface area contributed by atoms with Crippen LogP contribution in [0.5, 0.6) is 0 Å². The Balaban J connectivity index is 1.93. The van der Waals surface area contributed by atoms with Gasteiger partial charge in [-0.3, -0.25) is 9.59 Å². The quantitative estimate of drug-likeness (QED) is 0.737. The van der Waals surface area contributed by atoms with Crippen molar-refractivity contribution in [2.75, 3.05) is 6.54 Å². The third kappa shape index (κ3) is 4.53. The summed E-state index contributed by atoms with van der Waals surface area (Å²) in [5, 5.41) is 12.1. The SMILES string of the molecule is Cc1nc(-c2ccc(Cl)s2)sc1C(=O)NCCCCC(=O)O. The van der Waals surface area contributed by atoms with Crippen molar-refractivity contribution in [2.45, 2.75) is 26.2 Å². The van der Waals surface area contributed by atoms with Crippen LogP contribution in [-0.4, -0.2) is 28.5 Å². The van der Waals surface area contributed by atoms with Crippen LogP contribution >= 0.6 is 34.3 Å². The number of carbonyl (C=O) groups excluding carboxylic acids is 1. The molecule has 1 amide bonds. The van der Waals surface area contributed by atoms with Gasteiger partial charge in [-0.25, -0.2) is 4.98 Å². The maximum absolute atomic E-state index is 12.1. The lowest BCUT2D eigenvalue weighted by molar-refractivity contribution is -0.137. The van der Waals surface area contributed by atoms with Gasteiger partial charge in [-0.15, -0.1) is 22.7 Å². The van der Waals surface area contributed by atoms with Crippen molar-refractivity contribution in [3.05, 3.63) is 27.0 Å². The smallest absolute Gasteiger partial charge is 0.303 e. The highest BCUT2D eigenvalue weighted by Crippen LogP contribution is 2.34. The van der Waals surface area contributed by atoms with Crippen molar-refractivity contribution in [1.82, 2.24) is 10.3 Å². The number of halogens is 1. The van der Waals surface area contributed by atoms with Gasteiger partial charge in [-0.05, 0) is 31.9 Å². The summed E-state index contributed by atoms with van der Waals surface area (Å²) in [6.07, 6.45) is 1.32. The van der Waals surface area contributed by atoms with E-state index in [4.69, 9.17) is 16.7 Å². The van der Waals surface area contributed by atoms with E-state index in [9.17, 15) is 9.59 Å². The molecular weight excluding hydrogens is 344 g/mol. The summed E-state index contributed by atoms with van der Waals surface area (Å²) < 4.78 is 0.687. The summed E-state index contributed by atoms with van der Waals surface area (Å²) in [5.74, 6) is -0.983. The summed E-state index contributed by atoms with van der Waals surface area (Å²) in [5.41, 5.74) is 0.688. The molecule has 5 nitrogen and oxygen atoms in total. The van der Waals surface area contributed by atoms with Crippen molar-refractivity contribution < 1.29 is 14.7 Å². The van der Waals surface area contributed by atoms with Gasteiger partial charge in [-0.2, -0.15) is 0 Å². The minimum Gasteiger partial charge on any atom is -0.481 e. The standard InChI is InChI=1S/C14H15ClN2O3S2/c1-8-12(13(20)16-7-3-2-4-11(18)19)22-14(17-8)9-5-6-10(15)21-9/h5-6H,2-4,7H2,1H3,(H,16,20)(H,18,19). The summed E-state index contributed by atoms with van der Waals surface area (Å²) in [6.45, 7) is 2.26. The molecule has 0 aliphatic heterocycles. The normalized spacial score (nSPS) is 10.6. The zero-order chi connectivity index (χ0) is 16.1. The van der Waals surface area contributed by atoms with E-state index in [1.807, 2.05) is 6.07 Å². The number of nitrogens with zero attached hydrogens (tertiary/aromatic N) is 1. The van der Waals surface area contributed by atoms with E-state index < -0.39 is 5.97 Å². The molecule has 118 valence electrons. The predicted molar refractivity (Wildman–Crippen MR) is 89.0 cm³/mol. The molecule has 0 aromatic carbocycles. The van der Waals surface area contributed by atoms with E-state index in [-0.39, 0.29) is 12.3 Å². The Hall–Kier alpha value is -1.44. The zero-order valence-corrected chi connectivity index (χ0v) is 14.3. The monoisotopic (exact) mass is 358 g/mol. The maximum Gasteiger partial charge on any atom is 0.303 e. The van der Waals surface area contributed by atoms with E-state index in [1.165, 1.54) is 22.7 Å². The van der Waals surface area contributed by atoms with Crippen LogP contribution in [-0.2, 0) is 4.79 Å². The first-order valence-electron chi connectivity index (χ1n) is 6.70. The number of hydrogen-bond acceptors (Lipinski definition) is 5. The van der Waals surface area contributed by atoms with E-state index in [2.05, 4.69) is 10.3 Å². The van der Waals surface area contributed by atoms with E-state index >= 15 is 0 Å². The second kappa shape index (κ2) is 7.71. The molecule has 0 fully saturated rings. The fourth-order valence-electron chi connectivity index (χ4n) is 1.83. The highest BCUT2D eigenvalue weighted by molar-refractivity contribution is 7.24. The Kier molecular flexibility index (Phi) is 5.93. The lowest BCUT2D eigenvalue weighted by atomic mass is 10.2. The molecule has 2 heterocycles. The van der Waals surface area contributed by atoms with Crippen molar-refractivity contribution in [1.29, 1.82) is 0 Å². The molecule has 0 aliphatic carbocycles. The van der Waals surface area contributed by atoms with E-state index in [0.29, 0.717) is 34.3 Å². The summed E-state index contributed by atoms with van der Waals surface area (Å²) in [6, 6.07) is 3.69. The molecule has 8 heteroatoms. The van der Waals surface area contributed by atoms with Crippen LogP contribution in [0, 0.1) is 6.92 Å². The van der Waals surface area contributed by atoms with Gasteiger partial charge in [0.05, 0.1) is 14.9 Å². The molecule has 22 heavy (non-hydrogen) atoms. The number of aliphatic carboxylic acids is 1. The predicted octanol–water partition coefficient (Wildman–Crippen LogP) is 3.82. The van der Waals surface area contributed by atoms with Crippen LogP contribution in [0.4, 0.5) is 0 Å². The van der Waals surface area contributed by atoms with Gasteiger partial charge >= 0.3 is 5.97 Å². The third-order valence-electron chi connectivity index (χ3n) is 2.89. The second-order valence-electron chi connectivity index (χ2n) is 4.64. The number of hydrogen-bond donors (Lipinski definition) is 2. The number of thiophene rings is 1. The molecule has 0 atom stereocenters. The molecule has 0 saturated heterocycles. The highest BCUT2D eigenvalue weighted by Gasteiger charge is 2.16. The van der Waals surface area contributed by atoms with Crippen molar-refractivity contribution in [3.63, 3.8) is 0 Å². The summed E-state index contributed by atoms with van der Waals surface area (Å²) >= 11 is 8.68. The molecule has 2 aromatic rings. The van der Waals surface area contributed by atoms with Gasteiger partial charge < -0.3 is 10.4 Å². The van der Waals surface area contributed by atoms with Gasteiger partial charge in [0, 0.05) is 13.0 Å². The molecule has 2 rings (SSSR count).